The quantitative estimate of drug-likeness (QED) is 0.757. The van der Waals surface area contributed by atoms with Crippen molar-refractivity contribution in [2.24, 2.45) is 5.41 Å². The van der Waals surface area contributed by atoms with E-state index in [9.17, 15) is 4.79 Å². The Balaban J connectivity index is 2.41. The molecule has 0 bridgehead atoms. The summed E-state index contributed by atoms with van der Waals surface area (Å²) in [4.78, 5) is 11.0. The van der Waals surface area contributed by atoms with Crippen molar-refractivity contribution >= 4 is 5.97 Å². The van der Waals surface area contributed by atoms with Crippen LogP contribution in [0.1, 0.15) is 49.8 Å². The summed E-state index contributed by atoms with van der Waals surface area (Å²) in [5.74, 6) is 0.212. The first-order valence-corrected chi connectivity index (χ1v) is 7.18. The van der Waals surface area contributed by atoms with Crippen LogP contribution in [0.2, 0.25) is 0 Å². The van der Waals surface area contributed by atoms with Gasteiger partial charge in [-0.1, -0.05) is 6.07 Å². The average Bonchev–Trinajstić information content (AvgIpc) is 2.34. The zero-order valence-corrected chi connectivity index (χ0v) is 13.2. The molecule has 0 aliphatic carbocycles. The number of carboxylic acid groups (broad SMARTS) is 1. The maximum atomic E-state index is 11.0. The lowest BCUT2D eigenvalue weighted by Crippen LogP contribution is -2.23. The lowest BCUT2D eigenvalue weighted by Gasteiger charge is -2.18. The predicted molar refractivity (Wildman–Crippen MR) is 81.4 cm³/mol. The van der Waals surface area contributed by atoms with Crippen molar-refractivity contribution in [3.63, 3.8) is 0 Å². The minimum absolute atomic E-state index is 0.638. The first kappa shape index (κ1) is 16.5. The van der Waals surface area contributed by atoms with E-state index in [0.717, 1.165) is 18.6 Å². The highest BCUT2D eigenvalue weighted by Gasteiger charge is 2.25. The highest BCUT2D eigenvalue weighted by molar-refractivity contribution is 5.73. The van der Waals surface area contributed by atoms with E-state index < -0.39 is 11.4 Å². The fourth-order valence-corrected chi connectivity index (χ4v) is 2.11. The first-order valence-electron chi connectivity index (χ1n) is 7.18. The van der Waals surface area contributed by atoms with E-state index in [1.807, 2.05) is 0 Å². The van der Waals surface area contributed by atoms with E-state index in [2.05, 4.69) is 32.9 Å². The molecule has 1 N–H and O–H groups in total. The molecule has 0 aliphatic rings. The van der Waals surface area contributed by atoms with Crippen LogP contribution in [-0.2, 0) is 4.79 Å². The molecule has 20 heavy (non-hydrogen) atoms. The molecule has 0 atom stereocenters. The summed E-state index contributed by atoms with van der Waals surface area (Å²) in [5.41, 5.74) is 2.99. The zero-order valence-electron chi connectivity index (χ0n) is 13.2. The largest absolute Gasteiger partial charge is 0.493 e. The normalized spacial score (nSPS) is 11.4. The maximum absolute atomic E-state index is 11.0. The van der Waals surface area contributed by atoms with Gasteiger partial charge in [0, 0.05) is 0 Å². The predicted octanol–water partition coefficient (Wildman–Crippen LogP) is 4.27. The van der Waals surface area contributed by atoms with Crippen LogP contribution in [0.5, 0.6) is 5.75 Å². The number of benzene rings is 1. The summed E-state index contributed by atoms with van der Waals surface area (Å²) in [5, 5.41) is 9.04. The van der Waals surface area contributed by atoms with Gasteiger partial charge in [0.05, 0.1) is 12.0 Å². The molecule has 0 unspecified atom stereocenters. The molecule has 0 spiro atoms. The monoisotopic (exact) mass is 278 g/mol. The van der Waals surface area contributed by atoms with Crippen LogP contribution in [0.15, 0.2) is 12.1 Å². The summed E-state index contributed by atoms with van der Waals surface area (Å²) in [6.45, 7) is 10.4. The van der Waals surface area contributed by atoms with Crippen LogP contribution < -0.4 is 4.74 Å². The minimum atomic E-state index is -0.733. The van der Waals surface area contributed by atoms with E-state index in [0.29, 0.717) is 13.0 Å². The Morgan fingerprint density at radius 1 is 1.20 bits per heavy atom. The van der Waals surface area contributed by atoms with Crippen LogP contribution in [0.25, 0.3) is 0 Å². The Bertz CT molecular complexity index is 475. The lowest BCUT2D eigenvalue weighted by molar-refractivity contribution is -0.147. The molecular weight excluding hydrogens is 252 g/mol. The number of ether oxygens (including phenoxy) is 1. The third kappa shape index (κ3) is 4.55. The average molecular weight is 278 g/mol. The maximum Gasteiger partial charge on any atom is 0.309 e. The van der Waals surface area contributed by atoms with Gasteiger partial charge in [0.1, 0.15) is 5.75 Å². The number of unbranched alkanes of at least 4 members (excludes halogenated alkanes) is 1. The third-order valence-corrected chi connectivity index (χ3v) is 3.80. The molecule has 0 heterocycles. The topological polar surface area (TPSA) is 46.5 Å². The summed E-state index contributed by atoms with van der Waals surface area (Å²) < 4.78 is 5.83. The van der Waals surface area contributed by atoms with Gasteiger partial charge in [0.15, 0.2) is 0 Å². The van der Waals surface area contributed by atoms with Gasteiger partial charge in [-0.3, -0.25) is 4.79 Å². The molecule has 112 valence electrons. The number of hydrogen-bond acceptors (Lipinski definition) is 2. The summed E-state index contributed by atoms with van der Waals surface area (Å²) in [6, 6.07) is 4.21. The van der Waals surface area contributed by atoms with Crippen LogP contribution >= 0.6 is 0 Å². The standard InChI is InChI=1S/C17H26O3/c1-12-10-13(2)14(3)15(11-12)20-9-7-6-8-17(4,5)16(18)19/h10-11H,6-9H2,1-5H3,(H,18,19). The minimum Gasteiger partial charge on any atom is -0.493 e. The molecule has 0 radical (unpaired) electrons. The van der Waals surface area contributed by atoms with E-state index in [1.165, 1.54) is 16.7 Å². The third-order valence-electron chi connectivity index (χ3n) is 3.80. The van der Waals surface area contributed by atoms with Crippen molar-refractivity contribution in [2.75, 3.05) is 6.61 Å². The summed E-state index contributed by atoms with van der Waals surface area (Å²) >= 11 is 0. The van der Waals surface area contributed by atoms with Crippen molar-refractivity contribution in [1.29, 1.82) is 0 Å². The second kappa shape index (κ2) is 6.78. The molecule has 0 aliphatic heterocycles. The molecule has 1 rings (SSSR count). The number of aliphatic carboxylic acids is 1. The number of hydrogen-bond donors (Lipinski definition) is 1. The van der Waals surface area contributed by atoms with Crippen molar-refractivity contribution in [2.45, 2.75) is 53.9 Å². The van der Waals surface area contributed by atoms with Crippen molar-refractivity contribution in [3.05, 3.63) is 28.8 Å². The Labute approximate surface area is 122 Å². The van der Waals surface area contributed by atoms with Crippen molar-refractivity contribution < 1.29 is 14.6 Å². The van der Waals surface area contributed by atoms with E-state index in [-0.39, 0.29) is 0 Å². The van der Waals surface area contributed by atoms with E-state index in [1.54, 1.807) is 13.8 Å². The van der Waals surface area contributed by atoms with Gasteiger partial charge in [-0.15, -0.1) is 0 Å². The van der Waals surface area contributed by atoms with Crippen molar-refractivity contribution in [3.8, 4) is 5.75 Å². The highest BCUT2D eigenvalue weighted by atomic mass is 16.5. The SMILES string of the molecule is Cc1cc(C)c(C)c(OCCCCC(C)(C)C(=O)O)c1. The van der Waals surface area contributed by atoms with Gasteiger partial charge < -0.3 is 9.84 Å². The number of carboxylic acids is 1. The molecule has 0 amide bonds. The van der Waals surface area contributed by atoms with Gasteiger partial charge in [-0.2, -0.15) is 0 Å². The molecule has 3 heteroatoms. The smallest absolute Gasteiger partial charge is 0.309 e. The van der Waals surface area contributed by atoms with Crippen LogP contribution in [0.3, 0.4) is 0 Å². The number of carbonyl (C=O) groups is 1. The zero-order chi connectivity index (χ0) is 15.3. The molecule has 0 saturated heterocycles. The second-order valence-corrected chi connectivity index (χ2v) is 6.20. The second-order valence-electron chi connectivity index (χ2n) is 6.20. The fraction of sp³-hybridized carbons (Fsp3) is 0.588. The van der Waals surface area contributed by atoms with Crippen LogP contribution in [0.4, 0.5) is 0 Å². The highest BCUT2D eigenvalue weighted by Crippen LogP contribution is 2.25. The van der Waals surface area contributed by atoms with E-state index in [4.69, 9.17) is 9.84 Å². The van der Waals surface area contributed by atoms with Gasteiger partial charge >= 0.3 is 5.97 Å². The Morgan fingerprint density at radius 2 is 1.85 bits per heavy atom. The van der Waals surface area contributed by atoms with Crippen LogP contribution in [0, 0.1) is 26.2 Å². The molecule has 0 fully saturated rings. The molecule has 1 aromatic carbocycles. The Kier molecular flexibility index (Phi) is 5.61. The summed E-state index contributed by atoms with van der Waals surface area (Å²) in [6.07, 6.45) is 2.42. The van der Waals surface area contributed by atoms with Gasteiger partial charge in [-0.25, -0.2) is 0 Å². The Morgan fingerprint density at radius 3 is 2.45 bits per heavy atom. The number of aryl methyl sites for hydroxylation is 2. The summed E-state index contributed by atoms with van der Waals surface area (Å²) in [7, 11) is 0. The molecule has 3 nitrogen and oxygen atoms in total. The number of rotatable bonds is 7. The van der Waals surface area contributed by atoms with Crippen LogP contribution in [-0.4, -0.2) is 17.7 Å². The lowest BCUT2D eigenvalue weighted by atomic mass is 9.87. The molecule has 0 saturated carbocycles. The molecule has 0 aromatic heterocycles. The first-order chi connectivity index (χ1) is 9.24. The van der Waals surface area contributed by atoms with Gasteiger partial charge in [0.2, 0.25) is 0 Å². The van der Waals surface area contributed by atoms with E-state index >= 15 is 0 Å². The molecular formula is C17H26O3. The Hall–Kier alpha value is -1.51. The molecule has 1 aromatic rings. The van der Waals surface area contributed by atoms with Crippen molar-refractivity contribution in [1.82, 2.24) is 0 Å². The van der Waals surface area contributed by atoms with Gasteiger partial charge in [0.25, 0.3) is 0 Å². The van der Waals surface area contributed by atoms with Gasteiger partial charge in [-0.05, 0) is 76.6 Å². The fourth-order valence-electron chi connectivity index (χ4n) is 2.11.